The van der Waals surface area contributed by atoms with E-state index >= 15 is 0 Å². The minimum absolute atomic E-state index is 0.0277. The number of aryl methyl sites for hydroxylation is 1. The number of phenols is 1. The lowest BCUT2D eigenvalue weighted by molar-refractivity contribution is -0.135. The van der Waals surface area contributed by atoms with Crippen molar-refractivity contribution in [2.75, 3.05) is 26.2 Å². The number of fused-ring (bicyclic) bond motifs is 1. The van der Waals surface area contributed by atoms with Gasteiger partial charge in [0, 0.05) is 12.6 Å². The first-order valence-corrected chi connectivity index (χ1v) is 7.14. The van der Waals surface area contributed by atoms with Gasteiger partial charge in [0.05, 0.1) is 6.42 Å². The first kappa shape index (κ1) is 13.2. The number of rotatable bonds is 4. The molecule has 5 heteroatoms. The van der Waals surface area contributed by atoms with Gasteiger partial charge in [-0.3, -0.25) is 9.69 Å². The molecule has 0 unspecified atom stereocenters. The normalized spacial score (nSPS) is 18.7. The van der Waals surface area contributed by atoms with Gasteiger partial charge in [-0.05, 0) is 44.0 Å². The van der Waals surface area contributed by atoms with Gasteiger partial charge in [0.15, 0.2) is 11.5 Å². The Labute approximate surface area is 118 Å². The van der Waals surface area contributed by atoms with Crippen molar-refractivity contribution in [2.24, 2.45) is 0 Å². The van der Waals surface area contributed by atoms with Crippen molar-refractivity contribution in [3.63, 3.8) is 0 Å². The van der Waals surface area contributed by atoms with E-state index < -0.39 is 0 Å². The molecule has 1 aromatic carbocycles. The minimum atomic E-state index is -0.250. The zero-order chi connectivity index (χ0) is 13.9. The summed E-state index contributed by atoms with van der Waals surface area (Å²) in [5.41, 5.74) is 0.915. The summed E-state index contributed by atoms with van der Waals surface area (Å²) in [6, 6.07) is 3.25. The number of nitrogens with zero attached hydrogens (tertiary/aromatic N) is 1. The van der Waals surface area contributed by atoms with Crippen molar-refractivity contribution in [3.8, 4) is 17.2 Å². The molecule has 108 valence electrons. The van der Waals surface area contributed by atoms with Crippen LogP contribution >= 0.6 is 0 Å². The molecule has 20 heavy (non-hydrogen) atoms. The summed E-state index contributed by atoms with van der Waals surface area (Å²) in [7, 11) is 0. The second kappa shape index (κ2) is 5.71. The Hall–Kier alpha value is -1.75. The topological polar surface area (TPSA) is 59.0 Å². The highest BCUT2D eigenvalue weighted by Crippen LogP contribution is 2.36. The number of phenolic OH excluding ortho intramolecular Hbond substituents is 1. The van der Waals surface area contributed by atoms with Crippen LogP contribution in [0.1, 0.15) is 24.8 Å². The van der Waals surface area contributed by atoms with E-state index in [0.717, 1.165) is 25.2 Å². The van der Waals surface area contributed by atoms with E-state index in [1.165, 1.54) is 18.9 Å². The molecule has 0 atom stereocenters. The maximum atomic E-state index is 11.2. The maximum Gasteiger partial charge on any atom is 0.311 e. The standard InChI is InChI=1S/C15H19NO4/c17-12-10-13-11(3-4-15(18)20-13)9-14(12)19-8-7-16-5-1-2-6-16/h9-10,17H,1-8H2. The molecule has 2 aliphatic rings. The predicted molar refractivity (Wildman–Crippen MR) is 73.2 cm³/mol. The lowest BCUT2D eigenvalue weighted by Crippen LogP contribution is -2.25. The number of hydrogen-bond acceptors (Lipinski definition) is 5. The van der Waals surface area contributed by atoms with Gasteiger partial charge in [0.2, 0.25) is 0 Å². The number of carbonyl (C=O) groups is 1. The van der Waals surface area contributed by atoms with E-state index in [0.29, 0.717) is 30.9 Å². The van der Waals surface area contributed by atoms with E-state index in [9.17, 15) is 9.90 Å². The van der Waals surface area contributed by atoms with Gasteiger partial charge in [0.1, 0.15) is 12.4 Å². The smallest absolute Gasteiger partial charge is 0.311 e. The van der Waals surface area contributed by atoms with Crippen molar-refractivity contribution >= 4 is 5.97 Å². The molecule has 3 rings (SSSR count). The molecule has 0 bridgehead atoms. The van der Waals surface area contributed by atoms with Crippen LogP contribution in [0.15, 0.2) is 12.1 Å². The van der Waals surface area contributed by atoms with Gasteiger partial charge < -0.3 is 14.6 Å². The molecule has 0 amide bonds. The average molecular weight is 277 g/mol. The van der Waals surface area contributed by atoms with Gasteiger partial charge in [-0.2, -0.15) is 0 Å². The minimum Gasteiger partial charge on any atom is -0.504 e. The predicted octanol–water partition coefficient (Wildman–Crippen LogP) is 1.72. The molecule has 1 aromatic rings. The molecule has 0 aromatic heterocycles. The summed E-state index contributed by atoms with van der Waals surface area (Å²) < 4.78 is 10.8. The van der Waals surface area contributed by atoms with Gasteiger partial charge in [-0.15, -0.1) is 0 Å². The zero-order valence-electron chi connectivity index (χ0n) is 11.4. The summed E-state index contributed by atoms with van der Waals surface area (Å²) in [6.07, 6.45) is 3.53. The molecular formula is C15H19NO4. The third kappa shape index (κ3) is 2.88. The molecule has 1 fully saturated rings. The van der Waals surface area contributed by atoms with Gasteiger partial charge >= 0.3 is 5.97 Å². The Morgan fingerprint density at radius 3 is 2.85 bits per heavy atom. The molecule has 2 aliphatic heterocycles. The van der Waals surface area contributed by atoms with Crippen molar-refractivity contribution in [3.05, 3.63) is 17.7 Å². The van der Waals surface area contributed by atoms with Crippen LogP contribution < -0.4 is 9.47 Å². The molecule has 0 aliphatic carbocycles. The van der Waals surface area contributed by atoms with E-state index in [-0.39, 0.29) is 11.7 Å². The molecule has 0 saturated carbocycles. The van der Waals surface area contributed by atoms with Crippen LogP contribution in [0.3, 0.4) is 0 Å². The maximum absolute atomic E-state index is 11.2. The third-order valence-electron chi connectivity index (χ3n) is 3.83. The number of benzene rings is 1. The SMILES string of the molecule is O=C1CCc2cc(OCCN3CCCC3)c(O)cc2O1. The fourth-order valence-corrected chi connectivity index (χ4v) is 2.70. The fraction of sp³-hybridized carbons (Fsp3) is 0.533. The summed E-state index contributed by atoms with van der Waals surface area (Å²) >= 11 is 0. The number of ether oxygens (including phenoxy) is 2. The Bertz CT molecular complexity index is 509. The van der Waals surface area contributed by atoms with Gasteiger partial charge in [-0.1, -0.05) is 0 Å². The number of esters is 1. The first-order chi connectivity index (χ1) is 9.72. The van der Waals surface area contributed by atoms with E-state index in [1.54, 1.807) is 6.07 Å². The Morgan fingerprint density at radius 1 is 1.25 bits per heavy atom. The van der Waals surface area contributed by atoms with E-state index in [4.69, 9.17) is 9.47 Å². The monoisotopic (exact) mass is 277 g/mol. The molecule has 0 radical (unpaired) electrons. The Kier molecular flexibility index (Phi) is 3.78. The molecule has 1 saturated heterocycles. The van der Waals surface area contributed by atoms with Crippen molar-refractivity contribution in [2.45, 2.75) is 25.7 Å². The van der Waals surface area contributed by atoms with Crippen LogP contribution in [0.25, 0.3) is 0 Å². The molecule has 0 spiro atoms. The summed E-state index contributed by atoms with van der Waals surface area (Å²) in [6.45, 7) is 3.71. The fourth-order valence-electron chi connectivity index (χ4n) is 2.70. The number of likely N-dealkylation sites (tertiary alicyclic amines) is 1. The van der Waals surface area contributed by atoms with Gasteiger partial charge in [0.25, 0.3) is 0 Å². The van der Waals surface area contributed by atoms with Crippen LogP contribution in [0.4, 0.5) is 0 Å². The lowest BCUT2D eigenvalue weighted by atomic mass is 10.1. The van der Waals surface area contributed by atoms with Crippen molar-refractivity contribution in [1.82, 2.24) is 4.90 Å². The zero-order valence-corrected chi connectivity index (χ0v) is 11.4. The highest BCUT2D eigenvalue weighted by atomic mass is 16.5. The van der Waals surface area contributed by atoms with Crippen molar-refractivity contribution in [1.29, 1.82) is 0 Å². The molecule has 5 nitrogen and oxygen atoms in total. The summed E-state index contributed by atoms with van der Waals surface area (Å²) in [5, 5.41) is 9.91. The quantitative estimate of drug-likeness (QED) is 0.671. The Morgan fingerprint density at radius 2 is 2.05 bits per heavy atom. The van der Waals surface area contributed by atoms with Crippen LogP contribution in [0.2, 0.25) is 0 Å². The number of aromatic hydroxyl groups is 1. The van der Waals surface area contributed by atoms with E-state index in [1.807, 2.05) is 0 Å². The summed E-state index contributed by atoms with van der Waals surface area (Å²) in [4.78, 5) is 13.6. The van der Waals surface area contributed by atoms with Crippen molar-refractivity contribution < 1.29 is 19.4 Å². The number of carbonyl (C=O) groups excluding carboxylic acids is 1. The van der Waals surface area contributed by atoms with E-state index in [2.05, 4.69) is 4.90 Å². The summed E-state index contributed by atoms with van der Waals surface area (Å²) in [5.74, 6) is 0.700. The lowest BCUT2D eigenvalue weighted by Gasteiger charge is -2.19. The van der Waals surface area contributed by atoms with Crippen LogP contribution in [0.5, 0.6) is 17.2 Å². The second-order valence-corrected chi connectivity index (χ2v) is 5.30. The average Bonchev–Trinajstić information content (AvgIpc) is 2.93. The molecule has 1 N–H and O–H groups in total. The van der Waals surface area contributed by atoms with Gasteiger partial charge in [-0.25, -0.2) is 0 Å². The highest BCUT2D eigenvalue weighted by molar-refractivity contribution is 5.76. The number of hydrogen-bond donors (Lipinski definition) is 1. The largest absolute Gasteiger partial charge is 0.504 e. The molecule has 2 heterocycles. The first-order valence-electron chi connectivity index (χ1n) is 7.14. The highest BCUT2D eigenvalue weighted by Gasteiger charge is 2.20. The second-order valence-electron chi connectivity index (χ2n) is 5.30. The van der Waals surface area contributed by atoms with Crippen LogP contribution in [-0.2, 0) is 11.2 Å². The third-order valence-corrected chi connectivity index (χ3v) is 3.83. The van der Waals surface area contributed by atoms with Crippen LogP contribution in [-0.4, -0.2) is 42.2 Å². The Balaban J connectivity index is 1.62. The molecular weight excluding hydrogens is 258 g/mol. The van der Waals surface area contributed by atoms with Crippen LogP contribution in [0, 0.1) is 0 Å².